The number of esters is 1. The molecule has 48 valence electrons. The molecule has 0 aromatic carbocycles. The van der Waals surface area contributed by atoms with Crippen LogP contribution in [0, 0.1) is 11.3 Å². The topological polar surface area (TPSA) is 50.1 Å². The number of methoxy groups -OCH3 is 1. The Morgan fingerprint density at radius 3 is 2.78 bits per heavy atom. The largest absolute Gasteiger partial charge is 0.469 e. The lowest BCUT2D eigenvalue weighted by Gasteiger charge is -1.92. The Hall–Kier alpha value is -1.30. The van der Waals surface area contributed by atoms with Crippen LogP contribution < -0.4 is 0 Å². The molecule has 0 aliphatic carbocycles. The molecular weight excluding hydrogens is 118 g/mol. The molecule has 0 atom stereocenters. The third-order valence-electron chi connectivity index (χ3n) is 0.744. The minimum Gasteiger partial charge on any atom is -0.469 e. The predicted molar refractivity (Wildman–Crippen MR) is 31.4 cm³/mol. The number of hydrogen-bond acceptors (Lipinski definition) is 3. The number of ether oxygens (including phenoxy) is 1. The molecule has 3 heteroatoms. The van der Waals surface area contributed by atoms with E-state index >= 15 is 0 Å². The lowest BCUT2D eigenvalue weighted by Crippen LogP contribution is -1.99. The summed E-state index contributed by atoms with van der Waals surface area (Å²) in [5.41, 5.74) is 0.224. The van der Waals surface area contributed by atoms with Crippen molar-refractivity contribution in [2.45, 2.75) is 6.42 Å². The molecule has 0 fully saturated rings. The maximum atomic E-state index is 10.3. The fraction of sp³-hybridized carbons (Fsp3) is 0.333. The number of carbonyl (C=O) groups excluding carboxylic acids is 1. The van der Waals surface area contributed by atoms with E-state index in [1.165, 1.54) is 7.11 Å². The van der Waals surface area contributed by atoms with Gasteiger partial charge in [-0.05, 0) is 0 Å². The van der Waals surface area contributed by atoms with E-state index < -0.39 is 5.97 Å². The summed E-state index contributed by atoms with van der Waals surface area (Å²) in [6.45, 7) is 3.30. The van der Waals surface area contributed by atoms with Crippen LogP contribution in [-0.2, 0) is 9.53 Å². The van der Waals surface area contributed by atoms with Crippen LogP contribution in [0.5, 0.6) is 0 Å². The van der Waals surface area contributed by atoms with Crippen molar-refractivity contribution in [2.75, 3.05) is 7.11 Å². The van der Waals surface area contributed by atoms with Crippen LogP contribution in [0.3, 0.4) is 0 Å². The first-order valence-corrected chi connectivity index (χ1v) is 2.35. The molecule has 0 saturated heterocycles. The summed E-state index contributed by atoms with van der Waals surface area (Å²) in [6.07, 6.45) is -0.00694. The molecule has 0 radical (unpaired) electrons. The van der Waals surface area contributed by atoms with E-state index in [0.717, 1.165) is 0 Å². The fourth-order valence-electron chi connectivity index (χ4n) is 0.286. The Labute approximate surface area is 53.5 Å². The average molecular weight is 125 g/mol. The van der Waals surface area contributed by atoms with E-state index in [4.69, 9.17) is 5.26 Å². The van der Waals surface area contributed by atoms with Gasteiger partial charge in [0.2, 0.25) is 0 Å². The van der Waals surface area contributed by atoms with Gasteiger partial charge in [0.1, 0.15) is 0 Å². The number of rotatable bonds is 2. The summed E-state index contributed by atoms with van der Waals surface area (Å²) in [5, 5.41) is 8.12. The van der Waals surface area contributed by atoms with Gasteiger partial charge in [-0.15, -0.1) is 0 Å². The Balaban J connectivity index is 3.64. The molecule has 0 aliphatic heterocycles. The molecule has 0 aromatic rings. The third kappa shape index (κ3) is 3.30. The van der Waals surface area contributed by atoms with Crippen LogP contribution in [0.25, 0.3) is 0 Å². The standard InChI is InChI=1S/C6H7NO2/c1-5(4-7)3-6(8)9-2/h1,3H2,2H3. The molecule has 0 rings (SSSR count). The van der Waals surface area contributed by atoms with Crippen molar-refractivity contribution < 1.29 is 9.53 Å². The van der Waals surface area contributed by atoms with Crippen molar-refractivity contribution in [3.05, 3.63) is 12.2 Å². The smallest absolute Gasteiger partial charge is 0.310 e. The Morgan fingerprint density at radius 1 is 1.89 bits per heavy atom. The van der Waals surface area contributed by atoms with Gasteiger partial charge in [0.15, 0.2) is 0 Å². The number of carbonyl (C=O) groups is 1. The summed E-state index contributed by atoms with van der Waals surface area (Å²) in [4.78, 5) is 10.3. The molecule has 0 spiro atoms. The Bertz CT molecular complexity index is 166. The van der Waals surface area contributed by atoms with E-state index in [2.05, 4.69) is 11.3 Å². The lowest BCUT2D eigenvalue weighted by molar-refractivity contribution is -0.139. The van der Waals surface area contributed by atoms with Crippen molar-refractivity contribution in [1.29, 1.82) is 5.26 Å². The van der Waals surface area contributed by atoms with Crippen LogP contribution >= 0.6 is 0 Å². The average Bonchev–Trinajstić information content (AvgIpc) is 1.87. The van der Waals surface area contributed by atoms with E-state index in [1.54, 1.807) is 6.07 Å². The minimum absolute atomic E-state index is 0.00694. The highest BCUT2D eigenvalue weighted by Crippen LogP contribution is 1.95. The summed E-state index contributed by atoms with van der Waals surface area (Å²) in [7, 11) is 1.27. The van der Waals surface area contributed by atoms with E-state index in [1.807, 2.05) is 0 Å². The van der Waals surface area contributed by atoms with Gasteiger partial charge in [-0.2, -0.15) is 5.26 Å². The van der Waals surface area contributed by atoms with Gasteiger partial charge in [-0.3, -0.25) is 4.79 Å². The van der Waals surface area contributed by atoms with Crippen LogP contribution in [0.2, 0.25) is 0 Å². The highest BCUT2D eigenvalue weighted by Gasteiger charge is 2.00. The highest BCUT2D eigenvalue weighted by molar-refractivity contribution is 5.73. The van der Waals surface area contributed by atoms with Gasteiger partial charge in [-0.1, -0.05) is 6.58 Å². The zero-order chi connectivity index (χ0) is 7.28. The van der Waals surface area contributed by atoms with Crippen molar-refractivity contribution >= 4 is 5.97 Å². The van der Waals surface area contributed by atoms with Crippen molar-refractivity contribution in [2.24, 2.45) is 0 Å². The van der Waals surface area contributed by atoms with Gasteiger partial charge < -0.3 is 4.74 Å². The van der Waals surface area contributed by atoms with Crippen LogP contribution in [0.1, 0.15) is 6.42 Å². The van der Waals surface area contributed by atoms with E-state index in [9.17, 15) is 4.79 Å². The molecule has 0 saturated carbocycles. The third-order valence-corrected chi connectivity index (χ3v) is 0.744. The van der Waals surface area contributed by atoms with Gasteiger partial charge >= 0.3 is 5.97 Å². The molecule has 0 unspecified atom stereocenters. The molecule has 3 nitrogen and oxygen atoms in total. The number of nitriles is 1. The van der Waals surface area contributed by atoms with Gasteiger partial charge in [-0.25, -0.2) is 0 Å². The molecule has 0 aliphatic rings. The van der Waals surface area contributed by atoms with Gasteiger partial charge in [0.05, 0.1) is 19.6 Å². The SMILES string of the molecule is C=C(C#N)CC(=O)OC. The van der Waals surface area contributed by atoms with Crippen LogP contribution in [0.4, 0.5) is 0 Å². The van der Waals surface area contributed by atoms with Crippen molar-refractivity contribution in [3.63, 3.8) is 0 Å². The Kier molecular flexibility index (Phi) is 3.14. The summed E-state index contributed by atoms with van der Waals surface area (Å²) >= 11 is 0. The molecule has 9 heavy (non-hydrogen) atoms. The minimum atomic E-state index is -0.429. The second-order valence-corrected chi connectivity index (χ2v) is 1.47. The van der Waals surface area contributed by atoms with Crippen LogP contribution in [-0.4, -0.2) is 13.1 Å². The lowest BCUT2D eigenvalue weighted by atomic mass is 10.2. The van der Waals surface area contributed by atoms with Crippen molar-refractivity contribution in [3.8, 4) is 6.07 Å². The van der Waals surface area contributed by atoms with Crippen LogP contribution in [0.15, 0.2) is 12.2 Å². The predicted octanol–water partition coefficient (Wildman–Crippen LogP) is 0.629. The molecule has 0 N–H and O–H groups in total. The molecular formula is C6H7NO2. The van der Waals surface area contributed by atoms with Gasteiger partial charge in [0, 0.05) is 5.57 Å². The maximum absolute atomic E-state index is 10.3. The normalized spacial score (nSPS) is 7.56. The van der Waals surface area contributed by atoms with E-state index in [0.29, 0.717) is 0 Å². The zero-order valence-corrected chi connectivity index (χ0v) is 5.18. The highest BCUT2D eigenvalue weighted by atomic mass is 16.5. The first kappa shape index (κ1) is 7.70. The molecule has 0 amide bonds. The Morgan fingerprint density at radius 2 is 2.44 bits per heavy atom. The molecule has 0 aromatic heterocycles. The first-order chi connectivity index (χ1) is 4.20. The summed E-state index contributed by atoms with van der Waals surface area (Å²) in [6, 6.07) is 1.73. The summed E-state index contributed by atoms with van der Waals surface area (Å²) in [5.74, 6) is -0.429. The maximum Gasteiger partial charge on any atom is 0.310 e. The molecule has 0 heterocycles. The summed E-state index contributed by atoms with van der Waals surface area (Å²) < 4.78 is 4.27. The molecule has 0 bridgehead atoms. The number of hydrogen-bond donors (Lipinski definition) is 0. The van der Waals surface area contributed by atoms with Gasteiger partial charge in [0.25, 0.3) is 0 Å². The number of nitrogens with zero attached hydrogens (tertiary/aromatic N) is 1. The zero-order valence-electron chi connectivity index (χ0n) is 5.18. The second-order valence-electron chi connectivity index (χ2n) is 1.47. The van der Waals surface area contributed by atoms with Crippen molar-refractivity contribution in [1.82, 2.24) is 0 Å². The quantitative estimate of drug-likeness (QED) is 0.401. The first-order valence-electron chi connectivity index (χ1n) is 2.35. The second kappa shape index (κ2) is 3.67. The monoisotopic (exact) mass is 125 g/mol. The van der Waals surface area contributed by atoms with E-state index in [-0.39, 0.29) is 12.0 Å². The fourth-order valence-corrected chi connectivity index (χ4v) is 0.286.